The number of ether oxygens (including phenoxy) is 1. The molecule has 2 aromatic carbocycles. The van der Waals surface area contributed by atoms with Crippen LogP contribution in [0.25, 0.3) is 22.2 Å². The lowest BCUT2D eigenvalue weighted by Crippen LogP contribution is -2.44. The van der Waals surface area contributed by atoms with Crippen molar-refractivity contribution in [1.29, 1.82) is 0 Å². The lowest BCUT2D eigenvalue weighted by molar-refractivity contribution is 0.0971. The van der Waals surface area contributed by atoms with E-state index in [1.165, 1.54) is 11.3 Å². The molecule has 0 saturated carbocycles. The summed E-state index contributed by atoms with van der Waals surface area (Å²) in [6.45, 7) is 9.61. The number of nitrogens with one attached hydrogen (secondary N) is 1. The Balaban J connectivity index is 1.33. The predicted molar refractivity (Wildman–Crippen MR) is 157 cm³/mol. The second-order valence-electron chi connectivity index (χ2n) is 10.9. The van der Waals surface area contributed by atoms with E-state index < -0.39 is 0 Å². The van der Waals surface area contributed by atoms with Crippen LogP contribution >= 0.6 is 0 Å². The number of nitrogens with zero attached hydrogens (tertiary/aromatic N) is 5. The predicted octanol–water partition coefficient (Wildman–Crippen LogP) is 4.75. The molecule has 6 rings (SSSR count). The van der Waals surface area contributed by atoms with E-state index in [0.717, 1.165) is 67.8 Å². The number of aryl methyl sites for hydroxylation is 2. The summed E-state index contributed by atoms with van der Waals surface area (Å²) in [6, 6.07) is 16.4. The van der Waals surface area contributed by atoms with Crippen LogP contribution in [0, 0.1) is 13.8 Å². The smallest absolute Gasteiger partial charge is 0.260 e. The first-order valence-electron chi connectivity index (χ1n) is 13.8. The Hall–Kier alpha value is -3.75. The molecule has 202 valence electrons. The molecule has 4 heterocycles. The number of pyridine rings is 1. The molecule has 2 saturated heterocycles. The molecule has 1 atom stereocenters. The quantitative estimate of drug-likeness (QED) is 0.390. The summed E-state index contributed by atoms with van der Waals surface area (Å²) in [5, 5.41) is 4.20. The molecule has 1 N–H and O–H groups in total. The Bertz CT molecular complexity index is 1530. The van der Waals surface area contributed by atoms with Crippen molar-refractivity contribution in [3.8, 4) is 11.1 Å². The number of anilines is 3. The number of benzene rings is 2. The summed E-state index contributed by atoms with van der Waals surface area (Å²) in [4.78, 5) is 28.1. The standard InChI is InChI=1S/C31H36N6O2/c1-21-6-8-23(9-7-21)27-18-24-19-32-31(34-29(24)37(30(27)38)20-26-5-4-16-39-26)33-25-10-11-28(22(2)17-25)36-14-12-35(3)13-15-36/h6-11,17-19,26H,4-5,12-16,20H2,1-3H3,(H,32,33,34)/t26-/m1/s1. The van der Waals surface area contributed by atoms with Gasteiger partial charge in [-0.3, -0.25) is 9.36 Å². The maximum absolute atomic E-state index is 13.8. The van der Waals surface area contributed by atoms with Crippen molar-refractivity contribution in [1.82, 2.24) is 19.4 Å². The van der Waals surface area contributed by atoms with Crippen LogP contribution in [-0.4, -0.2) is 65.4 Å². The van der Waals surface area contributed by atoms with Gasteiger partial charge < -0.3 is 19.9 Å². The van der Waals surface area contributed by atoms with Crippen LogP contribution in [-0.2, 0) is 11.3 Å². The van der Waals surface area contributed by atoms with Crippen LogP contribution in [0.3, 0.4) is 0 Å². The summed E-state index contributed by atoms with van der Waals surface area (Å²) in [5.41, 5.74) is 6.67. The third-order valence-electron chi connectivity index (χ3n) is 7.90. The lowest BCUT2D eigenvalue weighted by Gasteiger charge is -2.35. The summed E-state index contributed by atoms with van der Waals surface area (Å²) in [7, 11) is 2.17. The van der Waals surface area contributed by atoms with Crippen molar-refractivity contribution in [2.24, 2.45) is 0 Å². The fourth-order valence-corrected chi connectivity index (χ4v) is 5.58. The molecule has 8 nitrogen and oxygen atoms in total. The van der Waals surface area contributed by atoms with Gasteiger partial charge in [-0.2, -0.15) is 4.98 Å². The minimum atomic E-state index is -0.0566. The van der Waals surface area contributed by atoms with Crippen molar-refractivity contribution in [2.45, 2.75) is 39.3 Å². The zero-order valence-corrected chi connectivity index (χ0v) is 23.0. The van der Waals surface area contributed by atoms with Crippen molar-refractivity contribution in [3.63, 3.8) is 0 Å². The van der Waals surface area contributed by atoms with Crippen LogP contribution in [0.5, 0.6) is 0 Å². The lowest BCUT2D eigenvalue weighted by atomic mass is 10.0. The zero-order chi connectivity index (χ0) is 26.9. The van der Waals surface area contributed by atoms with E-state index in [1.807, 2.05) is 37.3 Å². The Labute approximate surface area is 229 Å². The van der Waals surface area contributed by atoms with Gasteiger partial charge in [0.2, 0.25) is 5.95 Å². The molecule has 2 aliphatic rings. The highest BCUT2D eigenvalue weighted by Gasteiger charge is 2.21. The van der Waals surface area contributed by atoms with Crippen molar-refractivity contribution in [3.05, 3.63) is 76.2 Å². The number of hydrogen-bond acceptors (Lipinski definition) is 7. The van der Waals surface area contributed by atoms with Gasteiger partial charge in [-0.05, 0) is 69.1 Å². The molecular formula is C31H36N6O2. The van der Waals surface area contributed by atoms with E-state index in [2.05, 4.69) is 52.3 Å². The van der Waals surface area contributed by atoms with Crippen LogP contribution in [0.1, 0.15) is 24.0 Å². The summed E-state index contributed by atoms with van der Waals surface area (Å²) >= 11 is 0. The van der Waals surface area contributed by atoms with Crippen molar-refractivity contribution in [2.75, 3.05) is 50.1 Å². The van der Waals surface area contributed by atoms with E-state index in [-0.39, 0.29) is 11.7 Å². The second kappa shape index (κ2) is 10.8. The summed E-state index contributed by atoms with van der Waals surface area (Å²) in [5.74, 6) is 0.470. The Morgan fingerprint density at radius 3 is 2.54 bits per heavy atom. The Morgan fingerprint density at radius 2 is 1.82 bits per heavy atom. The topological polar surface area (TPSA) is 75.5 Å². The number of likely N-dealkylation sites (N-methyl/N-ethyl adjacent to an activating group) is 1. The molecule has 0 spiro atoms. The van der Waals surface area contributed by atoms with Gasteiger partial charge in [0.15, 0.2) is 0 Å². The minimum Gasteiger partial charge on any atom is -0.376 e. The largest absolute Gasteiger partial charge is 0.376 e. The molecule has 2 aliphatic heterocycles. The van der Waals surface area contributed by atoms with Gasteiger partial charge in [0, 0.05) is 61.3 Å². The molecule has 2 fully saturated rings. The fraction of sp³-hybridized carbons (Fsp3) is 0.387. The molecule has 0 unspecified atom stereocenters. The second-order valence-corrected chi connectivity index (χ2v) is 10.9. The van der Waals surface area contributed by atoms with E-state index in [9.17, 15) is 4.79 Å². The van der Waals surface area contributed by atoms with Crippen LogP contribution in [0.2, 0.25) is 0 Å². The normalized spacial score (nSPS) is 18.1. The monoisotopic (exact) mass is 524 g/mol. The third-order valence-corrected chi connectivity index (χ3v) is 7.90. The first kappa shape index (κ1) is 25.5. The number of hydrogen-bond donors (Lipinski definition) is 1. The summed E-state index contributed by atoms with van der Waals surface area (Å²) < 4.78 is 7.68. The molecule has 4 aromatic rings. The maximum atomic E-state index is 13.8. The van der Waals surface area contributed by atoms with Gasteiger partial charge in [0.05, 0.1) is 12.6 Å². The first-order valence-corrected chi connectivity index (χ1v) is 13.8. The van der Waals surface area contributed by atoms with E-state index in [0.29, 0.717) is 23.7 Å². The van der Waals surface area contributed by atoms with Gasteiger partial charge in [-0.15, -0.1) is 0 Å². The zero-order valence-electron chi connectivity index (χ0n) is 23.0. The van der Waals surface area contributed by atoms with Gasteiger partial charge in [0.1, 0.15) is 5.65 Å². The molecule has 0 radical (unpaired) electrons. The molecule has 0 bridgehead atoms. The van der Waals surface area contributed by atoms with E-state index in [1.54, 1.807) is 10.8 Å². The molecule has 0 aliphatic carbocycles. The van der Waals surface area contributed by atoms with Crippen molar-refractivity contribution < 1.29 is 4.74 Å². The molecule has 8 heteroatoms. The number of rotatable bonds is 6. The van der Waals surface area contributed by atoms with Crippen molar-refractivity contribution >= 4 is 28.4 Å². The minimum absolute atomic E-state index is 0.00955. The summed E-state index contributed by atoms with van der Waals surface area (Å²) in [6.07, 6.45) is 3.77. The van der Waals surface area contributed by atoms with Gasteiger partial charge in [0.25, 0.3) is 5.56 Å². The first-order chi connectivity index (χ1) is 18.9. The average Bonchev–Trinajstić information content (AvgIpc) is 3.45. The highest BCUT2D eigenvalue weighted by molar-refractivity contribution is 5.82. The maximum Gasteiger partial charge on any atom is 0.260 e. The van der Waals surface area contributed by atoms with Gasteiger partial charge >= 0.3 is 0 Å². The molecular weight excluding hydrogens is 488 g/mol. The van der Waals surface area contributed by atoms with Crippen LogP contribution < -0.4 is 15.8 Å². The molecule has 2 aromatic heterocycles. The highest BCUT2D eigenvalue weighted by atomic mass is 16.5. The Morgan fingerprint density at radius 1 is 1.03 bits per heavy atom. The Kier molecular flexibility index (Phi) is 7.06. The van der Waals surface area contributed by atoms with Gasteiger partial charge in [-0.1, -0.05) is 29.8 Å². The highest BCUT2D eigenvalue weighted by Crippen LogP contribution is 2.27. The van der Waals surface area contributed by atoms with E-state index in [4.69, 9.17) is 9.72 Å². The SMILES string of the molecule is Cc1ccc(-c2cc3cnc(Nc4ccc(N5CCN(C)CC5)c(C)c4)nc3n(C[C@H]3CCCO3)c2=O)cc1. The van der Waals surface area contributed by atoms with Crippen LogP contribution in [0.4, 0.5) is 17.3 Å². The number of fused-ring (bicyclic) bond motifs is 1. The van der Waals surface area contributed by atoms with Gasteiger partial charge in [-0.25, -0.2) is 4.98 Å². The molecule has 0 amide bonds. The van der Waals surface area contributed by atoms with Crippen LogP contribution in [0.15, 0.2) is 59.5 Å². The number of aromatic nitrogens is 3. The fourth-order valence-electron chi connectivity index (χ4n) is 5.58. The third kappa shape index (κ3) is 5.40. The van der Waals surface area contributed by atoms with E-state index >= 15 is 0 Å². The average molecular weight is 525 g/mol. The molecule has 39 heavy (non-hydrogen) atoms. The number of piperazine rings is 1.